The van der Waals surface area contributed by atoms with E-state index in [9.17, 15) is 19.4 Å². The lowest BCUT2D eigenvalue weighted by atomic mass is 10.0. The van der Waals surface area contributed by atoms with Crippen molar-refractivity contribution in [3.63, 3.8) is 0 Å². The van der Waals surface area contributed by atoms with Crippen molar-refractivity contribution in [3.8, 4) is 5.75 Å². The van der Waals surface area contributed by atoms with Gasteiger partial charge in [0.15, 0.2) is 5.82 Å². The second-order valence-corrected chi connectivity index (χ2v) is 9.79. The summed E-state index contributed by atoms with van der Waals surface area (Å²) < 4.78 is 12.0. The Balaban J connectivity index is 0.000000240. The number of phenolic OH excluding ortho intramolecular Hbond substituents is 1. The largest absolute Gasteiger partial charge is 0.508 e. The number of aromatic amines is 1. The smallest absolute Gasteiger partial charge is 0.269 e. The van der Waals surface area contributed by atoms with E-state index in [1.807, 2.05) is 25.0 Å². The van der Waals surface area contributed by atoms with E-state index < -0.39 is 15.7 Å². The highest BCUT2D eigenvalue weighted by Gasteiger charge is 2.25. The van der Waals surface area contributed by atoms with E-state index in [0.717, 1.165) is 60.0 Å². The molecule has 1 saturated carbocycles. The molecule has 0 radical (unpaired) electrons. The number of benzene rings is 2. The van der Waals surface area contributed by atoms with Crippen LogP contribution in [0.3, 0.4) is 0 Å². The lowest BCUT2D eigenvalue weighted by molar-refractivity contribution is -0.384. The Morgan fingerprint density at radius 3 is 2.54 bits per heavy atom. The van der Waals surface area contributed by atoms with Crippen LogP contribution in [0, 0.1) is 10.1 Å². The molecule has 2 heterocycles. The number of aliphatic hydroxyl groups excluding tert-OH is 1. The number of hydrogen-bond acceptors (Lipinski definition) is 8. The summed E-state index contributed by atoms with van der Waals surface area (Å²) in [5.41, 5.74) is 3.22. The second-order valence-electron chi connectivity index (χ2n) is 8.25. The average Bonchev–Trinajstić information content (AvgIpc) is 3.50. The highest BCUT2D eigenvalue weighted by Crippen LogP contribution is 2.34. The molecule has 0 bridgehead atoms. The molecule has 3 aromatic rings. The van der Waals surface area contributed by atoms with Gasteiger partial charge in [0, 0.05) is 46.1 Å². The molecule has 0 amide bonds. The molecule has 1 fully saturated rings. The van der Waals surface area contributed by atoms with Crippen molar-refractivity contribution in [2.45, 2.75) is 49.0 Å². The lowest BCUT2D eigenvalue weighted by Gasteiger charge is -2.16. The first-order valence-electron chi connectivity index (χ1n) is 11.1. The van der Waals surface area contributed by atoms with Crippen molar-refractivity contribution in [2.75, 3.05) is 11.1 Å². The predicted octanol–water partition coefficient (Wildman–Crippen LogP) is 3.95. The number of hydrogen-bond donors (Lipinski definition) is 4. The van der Waals surface area contributed by atoms with Gasteiger partial charge >= 0.3 is 0 Å². The van der Waals surface area contributed by atoms with Crippen LogP contribution in [0.2, 0.25) is 0 Å². The SMILES string of the molecule is C=O.O=S1CCCc2cc(Nc3cc(C4CCC(O)C4)[nH]n3)ccc21.O=[N+]([O-])c1ccc(O)cc1. The number of H-pyrrole nitrogens is 1. The van der Waals surface area contributed by atoms with Crippen molar-refractivity contribution < 1.29 is 24.1 Å². The number of carbonyl (C=O) groups excluding carboxylic acids is 1. The number of carbonyl (C=O) groups is 1. The minimum atomic E-state index is -0.844. The number of fused-ring (bicyclic) bond motifs is 1. The van der Waals surface area contributed by atoms with Crippen LogP contribution < -0.4 is 5.32 Å². The maximum absolute atomic E-state index is 12.0. The summed E-state index contributed by atoms with van der Waals surface area (Å²) in [5, 5.41) is 39.2. The van der Waals surface area contributed by atoms with E-state index in [2.05, 4.69) is 21.6 Å². The van der Waals surface area contributed by atoms with Crippen LogP contribution in [0.15, 0.2) is 53.4 Å². The fourth-order valence-electron chi connectivity index (χ4n) is 4.15. The molecule has 1 aromatic heterocycles. The van der Waals surface area contributed by atoms with Crippen molar-refractivity contribution in [1.82, 2.24) is 10.2 Å². The number of aromatic hydroxyl groups is 1. The van der Waals surface area contributed by atoms with Crippen molar-refractivity contribution in [2.24, 2.45) is 0 Å². The van der Waals surface area contributed by atoms with Crippen LogP contribution in [0.5, 0.6) is 5.75 Å². The Morgan fingerprint density at radius 2 is 1.89 bits per heavy atom. The van der Waals surface area contributed by atoms with E-state index in [1.165, 1.54) is 29.8 Å². The molecule has 4 N–H and O–H groups in total. The number of nitrogens with zero attached hydrogens (tertiary/aromatic N) is 2. The molecule has 186 valence electrons. The topological polar surface area (TPSA) is 158 Å². The van der Waals surface area contributed by atoms with E-state index in [1.54, 1.807) is 0 Å². The number of nitro groups is 1. The number of nitro benzene ring substituents is 1. The second kappa shape index (κ2) is 12.2. The van der Waals surface area contributed by atoms with Crippen LogP contribution in [0.4, 0.5) is 17.2 Å². The zero-order chi connectivity index (χ0) is 25.4. The summed E-state index contributed by atoms with van der Waals surface area (Å²) in [7, 11) is -0.844. The van der Waals surface area contributed by atoms with Gasteiger partial charge in [0.25, 0.3) is 5.69 Å². The molecule has 3 atom stereocenters. The van der Waals surface area contributed by atoms with Crippen LogP contribution in [0.25, 0.3) is 0 Å². The standard InChI is InChI=1S/C17H21N3O2S.C6H5NO3.CH2O/c21-14-5-3-11(9-14)15-10-17(20-19-15)18-13-4-6-16-12(8-13)2-1-7-23(16)22;8-6-3-1-5(2-4-6)7(9)10;1-2/h4,6,8,10-11,14,21H,1-3,5,7,9H2,(H2,18,19,20);1-4,8H;1H2. The number of rotatable bonds is 4. The van der Waals surface area contributed by atoms with E-state index in [0.29, 0.717) is 5.92 Å². The number of non-ortho nitro benzene ring substituents is 1. The first-order chi connectivity index (χ1) is 16.9. The van der Waals surface area contributed by atoms with Gasteiger partial charge in [-0.05, 0) is 68.0 Å². The Bertz CT molecular complexity index is 1170. The summed E-state index contributed by atoms with van der Waals surface area (Å²) in [6, 6.07) is 13.1. The van der Waals surface area contributed by atoms with Crippen molar-refractivity contribution >= 4 is 34.8 Å². The van der Waals surface area contributed by atoms with E-state index in [-0.39, 0.29) is 17.5 Å². The highest BCUT2D eigenvalue weighted by atomic mass is 32.2. The van der Waals surface area contributed by atoms with Gasteiger partial charge in [-0.2, -0.15) is 5.10 Å². The fraction of sp³-hybridized carbons (Fsp3) is 0.333. The molecule has 2 aromatic carbocycles. The average molecular weight is 501 g/mol. The minimum Gasteiger partial charge on any atom is -0.508 e. The third-order valence-electron chi connectivity index (χ3n) is 5.86. The van der Waals surface area contributed by atoms with Crippen LogP contribution in [0.1, 0.15) is 42.9 Å². The van der Waals surface area contributed by atoms with Gasteiger partial charge in [-0.1, -0.05) is 0 Å². The molecule has 1 aliphatic carbocycles. The molecule has 0 spiro atoms. The lowest BCUT2D eigenvalue weighted by Crippen LogP contribution is -2.10. The van der Waals surface area contributed by atoms with E-state index >= 15 is 0 Å². The fourth-order valence-corrected chi connectivity index (χ4v) is 5.45. The third kappa shape index (κ3) is 6.96. The number of aromatic nitrogens is 2. The summed E-state index contributed by atoms with van der Waals surface area (Å²) in [6.07, 6.45) is 4.48. The molecule has 35 heavy (non-hydrogen) atoms. The minimum absolute atomic E-state index is 0.0159. The molecular weight excluding hydrogens is 472 g/mol. The molecule has 3 unspecified atom stereocenters. The maximum atomic E-state index is 12.0. The summed E-state index contributed by atoms with van der Waals surface area (Å²) >= 11 is 0. The molecule has 0 saturated heterocycles. The summed E-state index contributed by atoms with van der Waals surface area (Å²) in [4.78, 5) is 18.5. The highest BCUT2D eigenvalue weighted by molar-refractivity contribution is 7.85. The quantitative estimate of drug-likeness (QED) is 0.310. The molecule has 1 aliphatic heterocycles. The van der Waals surface area contributed by atoms with Gasteiger partial charge < -0.3 is 20.3 Å². The van der Waals surface area contributed by atoms with Gasteiger partial charge in [0.05, 0.1) is 21.8 Å². The summed E-state index contributed by atoms with van der Waals surface area (Å²) in [6.45, 7) is 2.00. The molecule has 5 rings (SSSR count). The first-order valence-corrected chi connectivity index (χ1v) is 12.4. The maximum Gasteiger partial charge on any atom is 0.269 e. The molecule has 11 heteroatoms. The monoisotopic (exact) mass is 500 g/mol. The number of anilines is 2. The Kier molecular flexibility index (Phi) is 9.10. The zero-order valence-electron chi connectivity index (χ0n) is 19.1. The molecular formula is C24H28N4O6S. The first kappa shape index (κ1) is 26.0. The zero-order valence-corrected chi connectivity index (χ0v) is 19.9. The normalized spacial score (nSPS) is 20.4. The van der Waals surface area contributed by atoms with E-state index in [4.69, 9.17) is 9.90 Å². The van der Waals surface area contributed by atoms with Crippen LogP contribution in [-0.2, 0) is 22.0 Å². The molecule has 2 aliphatic rings. The number of aryl methyl sites for hydroxylation is 1. The Morgan fingerprint density at radius 1 is 1.14 bits per heavy atom. The van der Waals surface area contributed by atoms with Crippen molar-refractivity contribution in [1.29, 1.82) is 0 Å². The van der Waals surface area contributed by atoms with Crippen LogP contribution >= 0.6 is 0 Å². The predicted molar refractivity (Wildman–Crippen MR) is 132 cm³/mol. The van der Waals surface area contributed by atoms with Crippen LogP contribution in [-0.4, -0.2) is 48.2 Å². The van der Waals surface area contributed by atoms with Gasteiger partial charge in [0.1, 0.15) is 12.5 Å². The van der Waals surface area contributed by atoms with Gasteiger partial charge in [-0.15, -0.1) is 0 Å². The number of aliphatic hydroxyl groups is 1. The number of phenols is 1. The van der Waals surface area contributed by atoms with Gasteiger partial charge in [0.2, 0.25) is 0 Å². The summed E-state index contributed by atoms with van der Waals surface area (Å²) in [5.74, 6) is 1.97. The molecule has 10 nitrogen and oxygen atoms in total. The Hall–Kier alpha value is -3.57. The Labute approximate surface area is 205 Å². The third-order valence-corrected chi connectivity index (χ3v) is 7.41. The van der Waals surface area contributed by atoms with Crippen molar-refractivity contribution in [3.05, 3.63) is 69.9 Å². The van der Waals surface area contributed by atoms with Gasteiger partial charge in [-0.25, -0.2) is 0 Å². The van der Waals surface area contributed by atoms with Gasteiger partial charge in [-0.3, -0.25) is 19.4 Å². The number of nitrogens with one attached hydrogen (secondary N) is 2.